The van der Waals surface area contributed by atoms with Gasteiger partial charge in [0.25, 0.3) is 15.9 Å². The lowest BCUT2D eigenvalue weighted by atomic mass is 10.1. The van der Waals surface area contributed by atoms with Gasteiger partial charge in [-0.3, -0.25) is 4.79 Å². The first-order valence-corrected chi connectivity index (χ1v) is 8.38. The van der Waals surface area contributed by atoms with Crippen LogP contribution in [0.4, 0.5) is 5.69 Å². The molecule has 0 aromatic heterocycles. The molecule has 1 aromatic carbocycles. The summed E-state index contributed by atoms with van der Waals surface area (Å²) in [5, 5.41) is 11.5. The number of nitriles is 1. The molecule has 2 heterocycles. The first kappa shape index (κ1) is 15.0. The largest absolute Gasteiger partial charge is 0.330 e. The van der Waals surface area contributed by atoms with E-state index in [0.717, 1.165) is 0 Å². The van der Waals surface area contributed by atoms with Crippen molar-refractivity contribution in [3.8, 4) is 6.07 Å². The van der Waals surface area contributed by atoms with Crippen molar-refractivity contribution in [1.82, 2.24) is 4.90 Å². The number of carbonyl (C=O) groups excluding carboxylic acids is 1. The Bertz CT molecular complexity index is 890. The summed E-state index contributed by atoms with van der Waals surface area (Å²) in [5.41, 5.74) is 1.48. The maximum absolute atomic E-state index is 12.2. The molecule has 1 N–H and O–H groups in total. The van der Waals surface area contributed by atoms with E-state index in [4.69, 9.17) is 5.26 Å². The maximum Gasteiger partial charge on any atom is 0.257 e. The number of hydrogen-bond donors (Lipinski definition) is 1. The molecule has 23 heavy (non-hydrogen) atoms. The van der Waals surface area contributed by atoms with Gasteiger partial charge in [0.15, 0.2) is 0 Å². The van der Waals surface area contributed by atoms with Crippen molar-refractivity contribution in [3.05, 3.63) is 53.8 Å². The Morgan fingerprint density at radius 1 is 1.26 bits per heavy atom. The molecule has 0 spiro atoms. The summed E-state index contributed by atoms with van der Waals surface area (Å²) in [4.78, 5) is 13.9. The van der Waals surface area contributed by atoms with Gasteiger partial charge in [-0.2, -0.15) is 5.26 Å². The highest BCUT2D eigenvalue weighted by Crippen LogP contribution is 2.17. The highest BCUT2D eigenvalue weighted by atomic mass is 32.2. The van der Waals surface area contributed by atoms with Gasteiger partial charge in [0.2, 0.25) is 0 Å². The molecule has 3 rings (SSSR count). The van der Waals surface area contributed by atoms with Crippen LogP contribution in [0.3, 0.4) is 0 Å². The lowest BCUT2D eigenvalue weighted by Gasteiger charge is -2.26. The van der Waals surface area contributed by atoms with Crippen molar-refractivity contribution in [2.45, 2.75) is 0 Å². The van der Waals surface area contributed by atoms with Crippen molar-refractivity contribution in [1.29, 1.82) is 5.26 Å². The molecule has 1 amide bonds. The Kier molecular flexibility index (Phi) is 3.72. The number of rotatable bonds is 2. The molecule has 2 aliphatic heterocycles. The third kappa shape index (κ3) is 3.30. The van der Waals surface area contributed by atoms with Crippen LogP contribution in [-0.4, -0.2) is 37.4 Å². The fraction of sp³-hybridized carbons (Fsp3) is 0.133. The van der Waals surface area contributed by atoms with E-state index in [9.17, 15) is 13.2 Å². The van der Waals surface area contributed by atoms with Crippen molar-refractivity contribution < 1.29 is 13.2 Å². The van der Waals surface area contributed by atoms with Crippen LogP contribution in [0.25, 0.3) is 0 Å². The van der Waals surface area contributed by atoms with E-state index < -0.39 is 10.0 Å². The highest BCUT2D eigenvalue weighted by Gasteiger charge is 2.24. The van der Waals surface area contributed by atoms with Gasteiger partial charge in [0, 0.05) is 18.4 Å². The molecular formula is C15H12N4O3S. The lowest BCUT2D eigenvalue weighted by Crippen LogP contribution is -2.37. The Morgan fingerprint density at radius 2 is 2.00 bits per heavy atom. The van der Waals surface area contributed by atoms with Crippen LogP contribution in [0.2, 0.25) is 0 Å². The maximum atomic E-state index is 12.2. The molecule has 0 unspecified atom stereocenters. The van der Waals surface area contributed by atoms with Crippen LogP contribution in [-0.2, 0) is 14.8 Å². The molecule has 0 saturated heterocycles. The molecule has 0 aliphatic carbocycles. The highest BCUT2D eigenvalue weighted by molar-refractivity contribution is 7.90. The second-order valence-corrected chi connectivity index (χ2v) is 6.74. The van der Waals surface area contributed by atoms with E-state index in [2.05, 4.69) is 9.71 Å². The normalized spacial score (nSPS) is 18.3. The monoisotopic (exact) mass is 328 g/mol. The van der Waals surface area contributed by atoms with Crippen LogP contribution < -0.4 is 5.32 Å². The van der Waals surface area contributed by atoms with Crippen LogP contribution >= 0.6 is 0 Å². The third-order valence-corrected chi connectivity index (χ3v) is 4.52. The molecule has 0 fully saturated rings. The molecule has 1 aromatic rings. The smallest absolute Gasteiger partial charge is 0.257 e. The predicted molar refractivity (Wildman–Crippen MR) is 84.9 cm³/mol. The summed E-state index contributed by atoms with van der Waals surface area (Å²) in [6.45, 7) is 0.263. The van der Waals surface area contributed by atoms with E-state index in [1.54, 1.807) is 35.4 Å². The number of nitrogens with one attached hydrogen (secondary N) is 1. The molecule has 0 atom stereocenters. The van der Waals surface area contributed by atoms with Crippen LogP contribution in [0.5, 0.6) is 0 Å². The first-order valence-electron chi connectivity index (χ1n) is 6.77. The zero-order valence-corrected chi connectivity index (χ0v) is 12.7. The molecule has 0 radical (unpaired) electrons. The standard InChI is InChI=1S/C15H12N4O3S/c16-9-11-1-4-13(5-2-11)17-15(20)12-3-6-14-18-23(21,22)8-7-19(14)10-12/h1-6,10H,7-8H2,(H,17,20). The average Bonchev–Trinajstić information content (AvgIpc) is 2.54. The minimum Gasteiger partial charge on any atom is -0.330 e. The number of fused-ring (bicyclic) bond motifs is 1. The Labute approximate surface area is 133 Å². The molecule has 116 valence electrons. The van der Waals surface area contributed by atoms with Crippen LogP contribution in [0.15, 0.2) is 52.6 Å². The van der Waals surface area contributed by atoms with Gasteiger partial charge in [0.05, 0.1) is 23.0 Å². The minimum absolute atomic E-state index is 0.0780. The molecule has 0 bridgehead atoms. The Balaban J connectivity index is 1.75. The van der Waals surface area contributed by atoms with Crippen molar-refractivity contribution in [2.24, 2.45) is 4.40 Å². The van der Waals surface area contributed by atoms with Crippen LogP contribution in [0, 0.1) is 11.3 Å². The van der Waals surface area contributed by atoms with Crippen LogP contribution in [0.1, 0.15) is 5.56 Å². The number of sulfonamides is 1. The van der Waals surface area contributed by atoms with E-state index in [-0.39, 0.29) is 18.2 Å². The van der Waals surface area contributed by atoms with Gasteiger partial charge in [-0.15, -0.1) is 4.40 Å². The van der Waals surface area contributed by atoms with Crippen molar-refractivity contribution in [2.75, 3.05) is 17.6 Å². The minimum atomic E-state index is -3.41. The summed E-state index contributed by atoms with van der Waals surface area (Å²) in [5.74, 6) is -0.0876. The molecule has 8 heteroatoms. The molecule has 0 saturated carbocycles. The number of nitrogens with zero attached hydrogens (tertiary/aromatic N) is 3. The summed E-state index contributed by atoms with van der Waals surface area (Å²) >= 11 is 0. The van der Waals surface area contributed by atoms with Gasteiger partial charge in [0.1, 0.15) is 5.84 Å². The number of amides is 1. The first-order chi connectivity index (χ1) is 11.0. The average molecular weight is 328 g/mol. The second kappa shape index (κ2) is 5.70. The Morgan fingerprint density at radius 3 is 2.70 bits per heavy atom. The van der Waals surface area contributed by atoms with E-state index in [1.807, 2.05) is 6.07 Å². The zero-order chi connectivity index (χ0) is 16.4. The second-order valence-electron chi connectivity index (χ2n) is 4.99. The third-order valence-electron chi connectivity index (χ3n) is 3.36. The molecular weight excluding hydrogens is 316 g/mol. The molecule has 7 nitrogen and oxygen atoms in total. The van der Waals surface area contributed by atoms with E-state index in [1.165, 1.54) is 12.2 Å². The Hall–Kier alpha value is -2.92. The van der Waals surface area contributed by atoms with E-state index >= 15 is 0 Å². The number of hydrogen-bond acceptors (Lipinski definition) is 5. The molecule has 2 aliphatic rings. The van der Waals surface area contributed by atoms with Gasteiger partial charge in [-0.25, -0.2) is 8.42 Å². The number of carbonyl (C=O) groups is 1. The summed E-state index contributed by atoms with van der Waals surface area (Å²) < 4.78 is 26.5. The summed E-state index contributed by atoms with van der Waals surface area (Å²) in [6, 6.07) is 8.51. The fourth-order valence-corrected chi connectivity index (χ4v) is 3.14. The topological polar surface area (TPSA) is 103 Å². The quantitative estimate of drug-likeness (QED) is 0.872. The van der Waals surface area contributed by atoms with Gasteiger partial charge < -0.3 is 10.2 Å². The predicted octanol–water partition coefficient (Wildman–Crippen LogP) is 0.994. The summed E-state index contributed by atoms with van der Waals surface area (Å²) in [7, 11) is -3.41. The van der Waals surface area contributed by atoms with Gasteiger partial charge >= 0.3 is 0 Å². The van der Waals surface area contributed by atoms with Gasteiger partial charge in [-0.05, 0) is 36.4 Å². The SMILES string of the molecule is N#Cc1ccc(NC(=O)C2=CN3CCS(=O)(=O)N=C3C=C2)cc1. The van der Waals surface area contributed by atoms with Crippen molar-refractivity contribution in [3.63, 3.8) is 0 Å². The summed E-state index contributed by atoms with van der Waals surface area (Å²) in [6.07, 6.45) is 4.60. The zero-order valence-electron chi connectivity index (χ0n) is 11.9. The number of anilines is 1. The fourth-order valence-electron chi connectivity index (χ4n) is 2.17. The van der Waals surface area contributed by atoms with Gasteiger partial charge in [-0.1, -0.05) is 0 Å². The lowest BCUT2D eigenvalue weighted by molar-refractivity contribution is -0.112. The van der Waals surface area contributed by atoms with E-state index in [0.29, 0.717) is 22.7 Å². The number of amidine groups is 1. The number of benzene rings is 1. The van der Waals surface area contributed by atoms with Crippen molar-refractivity contribution >= 4 is 27.5 Å².